The van der Waals surface area contributed by atoms with Crippen molar-refractivity contribution in [3.05, 3.63) is 51.0 Å². The zero-order valence-electron chi connectivity index (χ0n) is 12.0. The highest BCUT2D eigenvalue weighted by Gasteiger charge is 2.16. The van der Waals surface area contributed by atoms with E-state index >= 15 is 0 Å². The summed E-state index contributed by atoms with van der Waals surface area (Å²) in [5.74, 6) is 0. The maximum atomic E-state index is 6.18. The van der Waals surface area contributed by atoms with Crippen LogP contribution in [-0.2, 0) is 6.42 Å². The maximum Gasteiger partial charge on any atom is 0.0494 e. The van der Waals surface area contributed by atoms with Crippen molar-refractivity contribution in [2.45, 2.75) is 34.1 Å². The van der Waals surface area contributed by atoms with E-state index in [4.69, 9.17) is 5.73 Å². The van der Waals surface area contributed by atoms with E-state index in [0.717, 1.165) is 16.6 Å². The fraction of sp³-hybridized carbons (Fsp3) is 0.294. The van der Waals surface area contributed by atoms with Gasteiger partial charge in [0.1, 0.15) is 0 Å². The maximum absolute atomic E-state index is 6.18. The van der Waals surface area contributed by atoms with E-state index in [1.807, 2.05) is 0 Å². The third-order valence-electron chi connectivity index (χ3n) is 3.79. The highest BCUT2D eigenvalue weighted by molar-refractivity contribution is 9.10. The molecule has 0 aliphatic heterocycles. The number of hydrogen-bond donors (Lipinski definition) is 1. The van der Waals surface area contributed by atoms with Crippen molar-refractivity contribution in [3.63, 3.8) is 0 Å². The van der Waals surface area contributed by atoms with Crippen molar-refractivity contribution >= 4 is 21.6 Å². The van der Waals surface area contributed by atoms with E-state index in [0.29, 0.717) is 0 Å². The summed E-state index contributed by atoms with van der Waals surface area (Å²) in [6, 6.07) is 8.71. The van der Waals surface area contributed by atoms with Crippen LogP contribution >= 0.6 is 15.9 Å². The Kier molecular flexibility index (Phi) is 4.00. The summed E-state index contributed by atoms with van der Waals surface area (Å²) in [6.45, 7) is 8.54. The van der Waals surface area contributed by atoms with E-state index in [2.05, 4.69) is 67.9 Å². The van der Waals surface area contributed by atoms with Gasteiger partial charge in [-0.1, -0.05) is 36.8 Å². The van der Waals surface area contributed by atoms with E-state index in [1.165, 1.54) is 33.4 Å². The van der Waals surface area contributed by atoms with Crippen LogP contribution in [0.2, 0.25) is 0 Å². The lowest BCUT2D eigenvalue weighted by Gasteiger charge is -2.19. The molecule has 2 N–H and O–H groups in total. The minimum Gasteiger partial charge on any atom is -0.398 e. The van der Waals surface area contributed by atoms with Gasteiger partial charge in [-0.05, 0) is 70.9 Å². The monoisotopic (exact) mass is 317 g/mol. The van der Waals surface area contributed by atoms with Crippen LogP contribution in [0.1, 0.15) is 29.2 Å². The van der Waals surface area contributed by atoms with Crippen LogP contribution in [-0.4, -0.2) is 0 Å². The lowest BCUT2D eigenvalue weighted by Crippen LogP contribution is -2.02. The normalized spacial score (nSPS) is 10.8. The summed E-state index contributed by atoms with van der Waals surface area (Å²) in [4.78, 5) is 0. The highest BCUT2D eigenvalue weighted by atomic mass is 79.9. The summed E-state index contributed by atoms with van der Waals surface area (Å²) >= 11 is 3.63. The first kappa shape index (κ1) is 14.1. The predicted octanol–water partition coefficient (Wildman–Crippen LogP) is 5.19. The van der Waals surface area contributed by atoms with Crippen molar-refractivity contribution in [2.24, 2.45) is 0 Å². The van der Waals surface area contributed by atoms with Gasteiger partial charge in [0, 0.05) is 10.2 Å². The molecule has 0 radical (unpaired) electrons. The fourth-order valence-corrected chi connectivity index (χ4v) is 3.10. The summed E-state index contributed by atoms with van der Waals surface area (Å²) in [5, 5.41) is 0. The zero-order chi connectivity index (χ0) is 14.2. The van der Waals surface area contributed by atoms with Crippen molar-refractivity contribution in [3.8, 4) is 11.1 Å². The number of benzene rings is 2. The van der Waals surface area contributed by atoms with Crippen LogP contribution in [0.4, 0.5) is 5.69 Å². The molecule has 100 valence electrons. The van der Waals surface area contributed by atoms with Gasteiger partial charge < -0.3 is 5.73 Å². The molecular weight excluding hydrogens is 298 g/mol. The standard InChI is InChI=1S/C17H20BrN/c1-5-14-11(3)17(19)16(18)12(4)15(14)13-8-6-10(2)7-9-13/h6-9H,5,19H2,1-4H3. The van der Waals surface area contributed by atoms with Gasteiger partial charge in [-0.3, -0.25) is 0 Å². The molecule has 2 aromatic rings. The molecule has 0 heterocycles. The van der Waals surface area contributed by atoms with E-state index < -0.39 is 0 Å². The topological polar surface area (TPSA) is 26.0 Å². The SMILES string of the molecule is CCc1c(C)c(N)c(Br)c(C)c1-c1ccc(C)cc1. The van der Waals surface area contributed by atoms with Gasteiger partial charge in [-0.25, -0.2) is 0 Å². The van der Waals surface area contributed by atoms with Crippen LogP contribution in [0.5, 0.6) is 0 Å². The molecule has 0 atom stereocenters. The number of nitrogens with two attached hydrogens (primary N) is 1. The van der Waals surface area contributed by atoms with Crippen molar-refractivity contribution < 1.29 is 0 Å². The second-order valence-corrected chi connectivity index (χ2v) is 5.84. The molecule has 0 spiro atoms. The number of nitrogen functional groups attached to an aromatic ring is 1. The van der Waals surface area contributed by atoms with Gasteiger partial charge in [0.05, 0.1) is 0 Å². The van der Waals surface area contributed by atoms with Crippen molar-refractivity contribution in [2.75, 3.05) is 5.73 Å². The lowest BCUT2D eigenvalue weighted by atomic mass is 9.89. The first-order valence-electron chi connectivity index (χ1n) is 6.61. The molecule has 0 bridgehead atoms. The summed E-state index contributed by atoms with van der Waals surface area (Å²) < 4.78 is 1.03. The lowest BCUT2D eigenvalue weighted by molar-refractivity contribution is 1.10. The predicted molar refractivity (Wildman–Crippen MR) is 87.6 cm³/mol. The number of rotatable bonds is 2. The molecule has 0 aliphatic carbocycles. The van der Waals surface area contributed by atoms with Gasteiger partial charge in [0.2, 0.25) is 0 Å². The second kappa shape index (κ2) is 5.38. The zero-order valence-corrected chi connectivity index (χ0v) is 13.6. The Morgan fingerprint density at radius 3 is 2.11 bits per heavy atom. The van der Waals surface area contributed by atoms with Gasteiger partial charge in [0.25, 0.3) is 0 Å². The molecule has 2 heteroatoms. The summed E-state index contributed by atoms with van der Waals surface area (Å²) in [7, 11) is 0. The molecule has 0 amide bonds. The first-order valence-corrected chi connectivity index (χ1v) is 7.40. The Labute approximate surface area is 124 Å². The van der Waals surface area contributed by atoms with Gasteiger partial charge >= 0.3 is 0 Å². The molecule has 1 nitrogen and oxygen atoms in total. The van der Waals surface area contributed by atoms with Crippen molar-refractivity contribution in [1.29, 1.82) is 0 Å². The van der Waals surface area contributed by atoms with E-state index in [9.17, 15) is 0 Å². The Balaban J connectivity index is 2.78. The molecular formula is C17H20BrN. The Morgan fingerprint density at radius 2 is 1.58 bits per heavy atom. The third kappa shape index (κ3) is 2.42. The van der Waals surface area contributed by atoms with E-state index in [-0.39, 0.29) is 0 Å². The van der Waals surface area contributed by atoms with Crippen LogP contribution in [0.25, 0.3) is 11.1 Å². The second-order valence-electron chi connectivity index (χ2n) is 5.05. The van der Waals surface area contributed by atoms with Crippen LogP contribution in [0, 0.1) is 20.8 Å². The Hall–Kier alpha value is -1.28. The van der Waals surface area contributed by atoms with Crippen molar-refractivity contribution in [1.82, 2.24) is 0 Å². The molecule has 2 aromatic carbocycles. The van der Waals surface area contributed by atoms with Crippen LogP contribution in [0.3, 0.4) is 0 Å². The Morgan fingerprint density at radius 1 is 1.00 bits per heavy atom. The molecule has 19 heavy (non-hydrogen) atoms. The largest absolute Gasteiger partial charge is 0.398 e. The molecule has 0 fully saturated rings. The number of aryl methyl sites for hydroxylation is 1. The number of halogens is 1. The van der Waals surface area contributed by atoms with Gasteiger partial charge in [-0.15, -0.1) is 0 Å². The van der Waals surface area contributed by atoms with Gasteiger partial charge in [0.15, 0.2) is 0 Å². The fourth-order valence-electron chi connectivity index (χ4n) is 2.61. The van der Waals surface area contributed by atoms with Crippen LogP contribution in [0.15, 0.2) is 28.7 Å². The molecule has 0 saturated heterocycles. The average molecular weight is 318 g/mol. The van der Waals surface area contributed by atoms with Gasteiger partial charge in [-0.2, -0.15) is 0 Å². The minimum absolute atomic E-state index is 0.866. The highest BCUT2D eigenvalue weighted by Crippen LogP contribution is 2.39. The average Bonchev–Trinajstić information content (AvgIpc) is 2.41. The molecule has 0 aliphatic rings. The molecule has 0 unspecified atom stereocenters. The minimum atomic E-state index is 0.866. The summed E-state index contributed by atoms with van der Waals surface area (Å²) in [5.41, 5.74) is 14.7. The Bertz CT molecular complexity index is 612. The quantitative estimate of drug-likeness (QED) is 0.758. The smallest absolute Gasteiger partial charge is 0.0494 e. The third-order valence-corrected chi connectivity index (χ3v) is 4.81. The molecule has 2 rings (SSSR count). The summed E-state index contributed by atoms with van der Waals surface area (Å²) in [6.07, 6.45) is 0.993. The number of hydrogen-bond acceptors (Lipinski definition) is 1. The number of anilines is 1. The first-order chi connectivity index (χ1) is 8.97. The molecule has 0 saturated carbocycles. The molecule has 0 aromatic heterocycles. The van der Waals surface area contributed by atoms with Crippen LogP contribution < -0.4 is 5.73 Å². The van der Waals surface area contributed by atoms with E-state index in [1.54, 1.807) is 0 Å².